The second-order valence-electron chi connectivity index (χ2n) is 10.7. The Morgan fingerprint density at radius 1 is 1.35 bits per heavy atom. The Morgan fingerprint density at radius 2 is 2.12 bits per heavy atom. The van der Waals surface area contributed by atoms with Gasteiger partial charge in [0.25, 0.3) is 5.56 Å². The molecule has 0 bridgehead atoms. The van der Waals surface area contributed by atoms with Crippen molar-refractivity contribution in [2.24, 2.45) is 0 Å². The number of cyclic esters (lactones) is 1. The number of rotatable bonds is 5. The number of nitriles is 1. The van der Waals surface area contributed by atoms with Crippen molar-refractivity contribution >= 4 is 22.8 Å². The van der Waals surface area contributed by atoms with Crippen LogP contribution in [0.15, 0.2) is 16.9 Å². The average molecular weight is 547 g/mol. The number of aromatic nitrogens is 2. The van der Waals surface area contributed by atoms with Gasteiger partial charge in [0.15, 0.2) is 5.60 Å². The van der Waals surface area contributed by atoms with E-state index in [0.29, 0.717) is 40.9 Å². The van der Waals surface area contributed by atoms with Gasteiger partial charge >= 0.3 is 5.97 Å². The second-order valence-corrected chi connectivity index (χ2v) is 10.7. The van der Waals surface area contributed by atoms with Crippen LogP contribution in [0, 0.1) is 24.1 Å². The number of aliphatic hydroxyl groups excluding tert-OH is 1. The standard InChI is InChI=1S/C29H27FN4O6/c1-3-29(39)18-9-22-26-16(11-34(22)27(37)17(18)12-40-28(29)38)25-20(32-23(36)8-14(35)6-7-31)5-4-15-13(2)19(30)10-21(33-26)24(15)25/h9-10,14,20,35,39H,3-6,8,11-12H2,1-2H3,(H,32,36)/t14-,20+,29+/m1/s1. The lowest BCUT2D eigenvalue weighted by Crippen LogP contribution is -2.44. The number of hydrogen-bond donors (Lipinski definition) is 3. The monoisotopic (exact) mass is 546 g/mol. The largest absolute Gasteiger partial charge is 0.458 e. The SMILES string of the molecule is CC[C@@]1(O)C(=O)OCc2c1cc1n(c2=O)Cc2c-1nc1cc(F)c(C)c3c1c2[C@@H](NC(=O)C[C@H](O)CC#N)CC3. The molecular weight excluding hydrogens is 519 g/mol. The number of nitrogens with zero attached hydrogens (tertiary/aromatic N) is 3. The highest BCUT2D eigenvalue weighted by atomic mass is 19.1. The Balaban J connectivity index is 1.56. The third-order valence-electron chi connectivity index (χ3n) is 8.46. The fraction of sp³-hybridized carbons (Fsp3) is 0.414. The van der Waals surface area contributed by atoms with Crippen LogP contribution in [0.25, 0.3) is 22.3 Å². The van der Waals surface area contributed by atoms with Gasteiger partial charge in [-0.1, -0.05) is 6.92 Å². The number of halogens is 1. The lowest BCUT2D eigenvalue weighted by atomic mass is 9.81. The minimum Gasteiger partial charge on any atom is -0.458 e. The van der Waals surface area contributed by atoms with Crippen molar-refractivity contribution in [2.75, 3.05) is 0 Å². The fourth-order valence-corrected chi connectivity index (χ4v) is 6.34. The molecule has 0 spiro atoms. The van der Waals surface area contributed by atoms with Gasteiger partial charge in [-0.2, -0.15) is 5.26 Å². The Morgan fingerprint density at radius 3 is 2.85 bits per heavy atom. The molecular formula is C29H27FN4O6. The number of esters is 1. The number of aliphatic hydroxyl groups is 2. The summed E-state index contributed by atoms with van der Waals surface area (Å²) in [5, 5.41) is 33.7. The lowest BCUT2D eigenvalue weighted by molar-refractivity contribution is -0.172. The molecule has 1 aromatic carbocycles. The minimum atomic E-state index is -1.98. The first-order valence-corrected chi connectivity index (χ1v) is 13.2. The predicted molar refractivity (Wildman–Crippen MR) is 139 cm³/mol. The normalized spacial score (nSPS) is 21.2. The average Bonchev–Trinajstić information content (AvgIpc) is 3.29. The molecule has 0 unspecified atom stereocenters. The molecule has 6 rings (SSSR count). The van der Waals surface area contributed by atoms with Crippen LogP contribution >= 0.6 is 0 Å². The summed E-state index contributed by atoms with van der Waals surface area (Å²) in [6.07, 6.45) is -0.563. The van der Waals surface area contributed by atoms with Gasteiger partial charge in [0.05, 0.1) is 60.1 Å². The molecule has 10 nitrogen and oxygen atoms in total. The zero-order valence-corrected chi connectivity index (χ0v) is 22.0. The van der Waals surface area contributed by atoms with E-state index in [2.05, 4.69) is 5.32 Å². The number of hydrogen-bond acceptors (Lipinski definition) is 8. The number of nitrogens with one attached hydrogen (secondary N) is 1. The van der Waals surface area contributed by atoms with E-state index < -0.39 is 41.0 Å². The second kappa shape index (κ2) is 9.21. The number of benzene rings is 1. The van der Waals surface area contributed by atoms with Crippen LogP contribution in [0.2, 0.25) is 0 Å². The van der Waals surface area contributed by atoms with Crippen molar-refractivity contribution in [1.82, 2.24) is 14.9 Å². The van der Waals surface area contributed by atoms with Gasteiger partial charge in [-0.15, -0.1) is 0 Å². The lowest BCUT2D eigenvalue weighted by Gasteiger charge is -2.31. The number of pyridine rings is 2. The van der Waals surface area contributed by atoms with Gasteiger partial charge in [0, 0.05) is 22.6 Å². The molecule has 3 aliphatic rings. The maximum atomic E-state index is 15.0. The van der Waals surface area contributed by atoms with Crippen molar-refractivity contribution in [1.29, 1.82) is 5.26 Å². The van der Waals surface area contributed by atoms with Gasteiger partial charge in [-0.25, -0.2) is 14.2 Å². The smallest absolute Gasteiger partial charge is 0.343 e. The van der Waals surface area contributed by atoms with Gasteiger partial charge in [-0.3, -0.25) is 9.59 Å². The zero-order chi connectivity index (χ0) is 28.5. The summed E-state index contributed by atoms with van der Waals surface area (Å²) >= 11 is 0. The van der Waals surface area contributed by atoms with E-state index in [4.69, 9.17) is 15.0 Å². The molecule has 2 aromatic heterocycles. The summed E-state index contributed by atoms with van der Waals surface area (Å²) < 4.78 is 21.7. The van der Waals surface area contributed by atoms with Crippen molar-refractivity contribution in [3.8, 4) is 17.5 Å². The third-order valence-corrected chi connectivity index (χ3v) is 8.46. The molecule has 0 saturated carbocycles. The van der Waals surface area contributed by atoms with E-state index in [1.165, 1.54) is 10.6 Å². The molecule has 206 valence electrons. The summed E-state index contributed by atoms with van der Waals surface area (Å²) in [5.41, 5.74) is 1.86. The highest BCUT2D eigenvalue weighted by Gasteiger charge is 2.46. The van der Waals surface area contributed by atoms with E-state index in [1.54, 1.807) is 19.9 Å². The van der Waals surface area contributed by atoms with Gasteiger partial charge in [0.1, 0.15) is 12.4 Å². The van der Waals surface area contributed by atoms with Crippen LogP contribution in [-0.4, -0.2) is 37.7 Å². The van der Waals surface area contributed by atoms with E-state index in [9.17, 15) is 29.0 Å². The molecule has 1 amide bonds. The van der Waals surface area contributed by atoms with Crippen LogP contribution in [0.3, 0.4) is 0 Å². The number of fused-ring (bicyclic) bond motifs is 5. The number of carbonyl (C=O) groups is 2. The Labute approximate surface area is 228 Å². The molecule has 0 saturated heterocycles. The number of ether oxygens (including phenoxy) is 1. The highest BCUT2D eigenvalue weighted by Crippen LogP contribution is 2.45. The topological polar surface area (TPSA) is 155 Å². The van der Waals surface area contributed by atoms with Crippen LogP contribution < -0.4 is 10.9 Å². The van der Waals surface area contributed by atoms with E-state index in [1.807, 2.05) is 6.07 Å². The Kier molecular flexibility index (Phi) is 6.01. The van der Waals surface area contributed by atoms with Gasteiger partial charge < -0.3 is 24.8 Å². The van der Waals surface area contributed by atoms with Crippen LogP contribution in [0.5, 0.6) is 0 Å². The molecule has 0 radical (unpaired) electrons. The van der Waals surface area contributed by atoms with Crippen LogP contribution in [0.4, 0.5) is 4.39 Å². The number of carbonyl (C=O) groups excluding carboxylic acids is 2. The fourth-order valence-electron chi connectivity index (χ4n) is 6.34. The van der Waals surface area contributed by atoms with Gasteiger partial charge in [0.2, 0.25) is 5.91 Å². The summed E-state index contributed by atoms with van der Waals surface area (Å²) in [6, 6.07) is 4.28. The first-order chi connectivity index (χ1) is 19.1. The summed E-state index contributed by atoms with van der Waals surface area (Å²) in [6.45, 7) is 3.20. The highest BCUT2D eigenvalue weighted by molar-refractivity contribution is 5.94. The predicted octanol–water partition coefficient (Wildman–Crippen LogP) is 2.30. The third kappa shape index (κ3) is 3.67. The summed E-state index contributed by atoms with van der Waals surface area (Å²) in [4.78, 5) is 43.8. The summed E-state index contributed by atoms with van der Waals surface area (Å²) in [7, 11) is 0. The molecule has 40 heavy (non-hydrogen) atoms. The Hall–Kier alpha value is -4.14. The van der Waals surface area contributed by atoms with Crippen molar-refractivity contribution in [2.45, 2.75) is 76.9 Å². The number of aryl methyl sites for hydroxylation is 1. The van der Waals surface area contributed by atoms with Crippen molar-refractivity contribution in [3.63, 3.8) is 0 Å². The quantitative estimate of drug-likeness (QED) is 0.322. The molecule has 3 atom stereocenters. The maximum Gasteiger partial charge on any atom is 0.343 e. The first-order valence-electron chi connectivity index (χ1n) is 13.2. The van der Waals surface area contributed by atoms with Crippen LogP contribution in [0.1, 0.15) is 72.0 Å². The van der Waals surface area contributed by atoms with Crippen molar-refractivity contribution in [3.05, 3.63) is 61.7 Å². The minimum absolute atomic E-state index is 0.00455. The summed E-state index contributed by atoms with van der Waals surface area (Å²) in [5.74, 6) is -1.66. The van der Waals surface area contributed by atoms with E-state index >= 15 is 0 Å². The van der Waals surface area contributed by atoms with Gasteiger partial charge in [-0.05, 0) is 48.9 Å². The Bertz CT molecular complexity index is 1740. The molecule has 11 heteroatoms. The van der Waals surface area contributed by atoms with Crippen molar-refractivity contribution < 1.29 is 28.9 Å². The van der Waals surface area contributed by atoms with E-state index in [0.717, 1.165) is 16.5 Å². The number of amides is 1. The molecule has 1 aliphatic carbocycles. The zero-order valence-electron chi connectivity index (χ0n) is 22.0. The molecule has 0 fully saturated rings. The molecule has 4 heterocycles. The van der Waals surface area contributed by atoms with E-state index in [-0.39, 0.29) is 43.5 Å². The molecule has 2 aliphatic heterocycles. The van der Waals surface area contributed by atoms with Crippen LogP contribution in [-0.2, 0) is 39.5 Å². The maximum absolute atomic E-state index is 15.0. The molecule has 3 N–H and O–H groups in total. The first kappa shape index (κ1) is 26.1. The molecule has 3 aromatic rings.